The van der Waals surface area contributed by atoms with Gasteiger partial charge in [0.25, 0.3) is 11.8 Å². The first-order chi connectivity index (χ1) is 13.3. The van der Waals surface area contributed by atoms with Crippen LogP contribution in [-0.2, 0) is 9.59 Å². The molecule has 2 aromatic rings. The molecule has 6 nitrogen and oxygen atoms in total. The minimum absolute atomic E-state index is 0.239. The van der Waals surface area contributed by atoms with Gasteiger partial charge in [0.05, 0.1) is 4.47 Å². The summed E-state index contributed by atoms with van der Waals surface area (Å²) < 4.78 is 12.9. The molecule has 0 aromatic heterocycles. The summed E-state index contributed by atoms with van der Waals surface area (Å²) in [6, 6.07) is 11.1. The third kappa shape index (κ3) is 6.53. The van der Waals surface area contributed by atoms with Crippen LogP contribution in [0.5, 0.6) is 11.5 Å². The molecule has 2 N–H and O–H groups in total. The smallest absolute Gasteiger partial charge is 0.279 e. The Hall–Kier alpha value is -2.06. The maximum absolute atomic E-state index is 12.3. The summed E-state index contributed by atoms with van der Waals surface area (Å²) in [4.78, 5) is 24.3. The van der Waals surface area contributed by atoms with Crippen molar-refractivity contribution in [1.29, 1.82) is 0 Å². The van der Waals surface area contributed by atoms with Crippen molar-refractivity contribution in [2.45, 2.75) is 33.3 Å². The zero-order chi connectivity index (χ0) is 20.7. The Labute approximate surface area is 181 Å². The molecule has 2 aromatic carbocycles. The van der Waals surface area contributed by atoms with Gasteiger partial charge >= 0.3 is 0 Å². The molecule has 0 bridgehead atoms. The van der Waals surface area contributed by atoms with Crippen LogP contribution in [0.4, 0.5) is 0 Å². The van der Waals surface area contributed by atoms with Gasteiger partial charge in [-0.3, -0.25) is 20.4 Å². The lowest BCUT2D eigenvalue weighted by molar-refractivity contribution is -0.134. The number of hydrogen-bond acceptors (Lipinski definition) is 4. The van der Waals surface area contributed by atoms with E-state index in [-0.39, 0.29) is 6.61 Å². The number of halogens is 2. The Balaban J connectivity index is 1.85. The van der Waals surface area contributed by atoms with E-state index in [1.54, 1.807) is 6.07 Å². The Bertz CT molecular complexity index is 835. The van der Waals surface area contributed by atoms with E-state index in [4.69, 9.17) is 9.47 Å². The molecule has 0 saturated heterocycles. The number of ether oxygens (including phenoxy) is 2. The fraction of sp³-hybridized carbons (Fsp3) is 0.300. The van der Waals surface area contributed by atoms with Crippen molar-refractivity contribution in [3.63, 3.8) is 0 Å². The lowest BCUT2D eigenvalue weighted by Crippen LogP contribution is -2.49. The number of hydrogen-bond donors (Lipinski definition) is 2. The highest BCUT2D eigenvalue weighted by atomic mass is 79.9. The van der Waals surface area contributed by atoms with Gasteiger partial charge in [-0.05, 0) is 71.6 Å². The van der Waals surface area contributed by atoms with E-state index in [0.29, 0.717) is 17.9 Å². The topological polar surface area (TPSA) is 76.7 Å². The van der Waals surface area contributed by atoms with Crippen molar-refractivity contribution in [2.24, 2.45) is 0 Å². The summed E-state index contributed by atoms with van der Waals surface area (Å²) in [5.74, 6) is 0.262. The Morgan fingerprint density at radius 3 is 2.50 bits per heavy atom. The van der Waals surface area contributed by atoms with E-state index in [0.717, 1.165) is 20.1 Å². The van der Waals surface area contributed by atoms with E-state index in [9.17, 15) is 9.59 Å². The van der Waals surface area contributed by atoms with Crippen molar-refractivity contribution in [3.8, 4) is 11.5 Å². The molecule has 0 saturated carbocycles. The van der Waals surface area contributed by atoms with Crippen LogP contribution in [0.2, 0.25) is 0 Å². The van der Waals surface area contributed by atoms with Crippen LogP contribution >= 0.6 is 31.9 Å². The predicted molar refractivity (Wildman–Crippen MR) is 114 cm³/mol. The van der Waals surface area contributed by atoms with Gasteiger partial charge in [-0.15, -0.1) is 0 Å². The highest BCUT2D eigenvalue weighted by molar-refractivity contribution is 9.11. The van der Waals surface area contributed by atoms with E-state index < -0.39 is 17.9 Å². The average molecular weight is 514 g/mol. The molecule has 0 aliphatic heterocycles. The molecule has 0 radical (unpaired) electrons. The maximum Gasteiger partial charge on any atom is 0.279 e. The van der Waals surface area contributed by atoms with Crippen molar-refractivity contribution in [2.75, 3.05) is 6.61 Å². The Morgan fingerprint density at radius 2 is 1.86 bits per heavy atom. The average Bonchev–Trinajstić information content (AvgIpc) is 2.63. The van der Waals surface area contributed by atoms with Crippen molar-refractivity contribution < 1.29 is 19.1 Å². The fourth-order valence-electron chi connectivity index (χ4n) is 2.43. The van der Waals surface area contributed by atoms with Crippen molar-refractivity contribution in [1.82, 2.24) is 10.9 Å². The van der Waals surface area contributed by atoms with Gasteiger partial charge in [-0.1, -0.05) is 35.0 Å². The Morgan fingerprint density at radius 1 is 1.11 bits per heavy atom. The van der Waals surface area contributed by atoms with Crippen molar-refractivity contribution in [3.05, 3.63) is 56.5 Å². The lowest BCUT2D eigenvalue weighted by atomic mass is 10.2. The van der Waals surface area contributed by atoms with E-state index >= 15 is 0 Å². The largest absolute Gasteiger partial charge is 0.482 e. The second kappa shape index (κ2) is 10.5. The monoisotopic (exact) mass is 512 g/mol. The SMILES string of the molecule is CCC(Oc1cccc(C)c1)C(=O)NNC(=O)COc1c(C)cc(Br)cc1Br. The standard InChI is InChI=1S/C20H22Br2N2O4/c1-4-17(28-15-7-5-6-12(2)8-15)20(26)24-23-18(25)11-27-19-13(3)9-14(21)10-16(19)22/h5-10,17H,4,11H2,1-3H3,(H,23,25)(H,24,26). The zero-order valence-electron chi connectivity index (χ0n) is 15.8. The summed E-state index contributed by atoms with van der Waals surface area (Å²) in [6.07, 6.45) is -0.261. The molecule has 28 heavy (non-hydrogen) atoms. The number of benzene rings is 2. The predicted octanol–water partition coefficient (Wildman–Crippen LogP) is 4.21. The molecule has 8 heteroatoms. The van der Waals surface area contributed by atoms with Gasteiger partial charge in [0.2, 0.25) is 0 Å². The van der Waals surface area contributed by atoms with E-state index in [2.05, 4.69) is 42.7 Å². The second-order valence-corrected chi connectivity index (χ2v) is 7.96. The number of amides is 2. The number of carbonyl (C=O) groups excluding carboxylic acids is 2. The van der Waals surface area contributed by atoms with E-state index in [1.807, 2.05) is 51.1 Å². The quantitative estimate of drug-likeness (QED) is 0.543. The van der Waals surface area contributed by atoms with Gasteiger partial charge in [0.15, 0.2) is 12.7 Å². The first-order valence-electron chi connectivity index (χ1n) is 8.70. The van der Waals surface area contributed by atoms with E-state index in [1.165, 1.54) is 0 Å². The van der Waals surface area contributed by atoms with Gasteiger partial charge in [-0.25, -0.2) is 0 Å². The number of carbonyl (C=O) groups is 2. The minimum atomic E-state index is -0.717. The maximum atomic E-state index is 12.3. The summed E-state index contributed by atoms with van der Waals surface area (Å²) in [7, 11) is 0. The highest BCUT2D eigenvalue weighted by Gasteiger charge is 2.19. The van der Waals surface area contributed by atoms with Crippen LogP contribution in [0.25, 0.3) is 0 Å². The molecule has 1 atom stereocenters. The number of hydrazine groups is 1. The van der Waals surface area contributed by atoms with Gasteiger partial charge in [0.1, 0.15) is 11.5 Å². The molecular formula is C20H22Br2N2O4. The van der Waals surface area contributed by atoms with Crippen LogP contribution in [0, 0.1) is 13.8 Å². The molecule has 0 heterocycles. The molecule has 2 amide bonds. The Kier molecular flexibility index (Phi) is 8.32. The summed E-state index contributed by atoms with van der Waals surface area (Å²) in [5.41, 5.74) is 6.63. The normalized spacial score (nSPS) is 11.5. The van der Waals surface area contributed by atoms with Gasteiger partial charge < -0.3 is 9.47 Å². The van der Waals surface area contributed by atoms with Crippen LogP contribution < -0.4 is 20.3 Å². The van der Waals surface area contributed by atoms with Gasteiger partial charge in [0, 0.05) is 4.47 Å². The minimum Gasteiger partial charge on any atom is -0.482 e. The van der Waals surface area contributed by atoms with Crippen molar-refractivity contribution >= 4 is 43.7 Å². The summed E-state index contributed by atoms with van der Waals surface area (Å²) >= 11 is 6.79. The van der Waals surface area contributed by atoms with Gasteiger partial charge in [-0.2, -0.15) is 0 Å². The number of nitrogens with one attached hydrogen (secondary N) is 2. The molecule has 0 spiro atoms. The molecule has 2 rings (SSSR count). The first kappa shape index (κ1) is 22.2. The lowest BCUT2D eigenvalue weighted by Gasteiger charge is -2.18. The zero-order valence-corrected chi connectivity index (χ0v) is 19.0. The first-order valence-corrected chi connectivity index (χ1v) is 10.3. The number of rotatable bonds is 7. The third-order valence-electron chi connectivity index (χ3n) is 3.80. The molecule has 0 aliphatic rings. The molecular weight excluding hydrogens is 492 g/mol. The number of aryl methyl sites for hydroxylation is 2. The molecule has 0 fully saturated rings. The summed E-state index contributed by atoms with van der Waals surface area (Å²) in [6.45, 7) is 5.41. The third-order valence-corrected chi connectivity index (χ3v) is 4.84. The van der Waals surface area contributed by atoms with Crippen LogP contribution in [0.15, 0.2) is 45.3 Å². The van der Waals surface area contributed by atoms with Crippen LogP contribution in [-0.4, -0.2) is 24.5 Å². The molecule has 1 unspecified atom stereocenters. The summed E-state index contributed by atoms with van der Waals surface area (Å²) in [5, 5.41) is 0. The fourth-order valence-corrected chi connectivity index (χ4v) is 3.99. The van der Waals surface area contributed by atoms with Crippen LogP contribution in [0.1, 0.15) is 24.5 Å². The molecule has 0 aliphatic carbocycles. The highest BCUT2D eigenvalue weighted by Crippen LogP contribution is 2.32. The second-order valence-electron chi connectivity index (χ2n) is 6.19. The van der Waals surface area contributed by atoms with Crippen LogP contribution in [0.3, 0.4) is 0 Å². The molecule has 150 valence electrons.